The first-order valence-corrected chi connectivity index (χ1v) is 10.4. The topological polar surface area (TPSA) is 93.5 Å². The number of esters is 1. The molecule has 0 heterocycles. The first-order chi connectivity index (χ1) is 13.3. The SMILES string of the molecule is CCOC(=O)[C@]1(C#N)[C@@H](c2ccc(OC)cc2)[C@@H]1S(=O)(=O)c1ccc(C)cc1. The maximum absolute atomic E-state index is 13.3. The summed E-state index contributed by atoms with van der Waals surface area (Å²) >= 11 is 0. The van der Waals surface area contributed by atoms with E-state index in [1.54, 1.807) is 43.3 Å². The summed E-state index contributed by atoms with van der Waals surface area (Å²) in [4.78, 5) is 12.8. The van der Waals surface area contributed by atoms with E-state index in [-0.39, 0.29) is 11.5 Å². The van der Waals surface area contributed by atoms with Gasteiger partial charge in [-0.15, -0.1) is 0 Å². The van der Waals surface area contributed by atoms with Crippen molar-refractivity contribution in [2.45, 2.75) is 29.9 Å². The predicted octanol–water partition coefficient (Wildman–Crippen LogP) is 3.02. The van der Waals surface area contributed by atoms with Crippen LogP contribution >= 0.6 is 0 Å². The van der Waals surface area contributed by atoms with Gasteiger partial charge in [-0.1, -0.05) is 29.8 Å². The molecule has 0 unspecified atom stereocenters. The molecule has 6 nitrogen and oxygen atoms in total. The van der Waals surface area contributed by atoms with Gasteiger partial charge in [0.2, 0.25) is 0 Å². The van der Waals surface area contributed by atoms with Crippen LogP contribution in [-0.4, -0.2) is 33.4 Å². The van der Waals surface area contributed by atoms with Crippen LogP contribution < -0.4 is 4.74 Å². The predicted molar refractivity (Wildman–Crippen MR) is 103 cm³/mol. The lowest BCUT2D eigenvalue weighted by Gasteiger charge is -2.09. The lowest BCUT2D eigenvalue weighted by molar-refractivity contribution is -0.147. The average molecular weight is 399 g/mol. The summed E-state index contributed by atoms with van der Waals surface area (Å²) in [6, 6.07) is 15.1. The quantitative estimate of drug-likeness (QED) is 0.693. The highest BCUT2D eigenvalue weighted by Crippen LogP contribution is 2.64. The molecule has 1 aliphatic carbocycles. The zero-order valence-corrected chi connectivity index (χ0v) is 16.7. The zero-order valence-electron chi connectivity index (χ0n) is 15.9. The first kappa shape index (κ1) is 19.9. The fraction of sp³-hybridized carbons (Fsp3) is 0.333. The largest absolute Gasteiger partial charge is 0.497 e. The molecule has 3 atom stereocenters. The van der Waals surface area contributed by atoms with Crippen LogP contribution in [0.5, 0.6) is 5.75 Å². The van der Waals surface area contributed by atoms with Crippen molar-refractivity contribution in [3.8, 4) is 11.8 Å². The fourth-order valence-electron chi connectivity index (χ4n) is 3.58. The van der Waals surface area contributed by atoms with E-state index in [0.717, 1.165) is 5.56 Å². The van der Waals surface area contributed by atoms with Gasteiger partial charge in [-0.2, -0.15) is 5.26 Å². The lowest BCUT2D eigenvalue weighted by Crippen LogP contribution is -2.25. The van der Waals surface area contributed by atoms with Crippen molar-refractivity contribution in [2.75, 3.05) is 13.7 Å². The van der Waals surface area contributed by atoms with E-state index in [1.165, 1.54) is 19.2 Å². The molecule has 2 aromatic carbocycles. The van der Waals surface area contributed by atoms with Crippen LogP contribution in [0.3, 0.4) is 0 Å². The third-order valence-electron chi connectivity index (χ3n) is 5.09. The van der Waals surface area contributed by atoms with E-state index < -0.39 is 32.4 Å². The number of hydrogen-bond acceptors (Lipinski definition) is 6. The second kappa shape index (κ2) is 7.28. The average Bonchev–Trinajstić information content (AvgIpc) is 3.40. The Morgan fingerprint density at radius 3 is 2.25 bits per heavy atom. The highest BCUT2D eigenvalue weighted by molar-refractivity contribution is 7.92. The third kappa shape index (κ3) is 3.04. The van der Waals surface area contributed by atoms with Gasteiger partial charge in [0, 0.05) is 5.92 Å². The first-order valence-electron chi connectivity index (χ1n) is 8.86. The standard InChI is InChI=1S/C21H21NO5S/c1-4-27-20(23)21(13-22)18(15-7-9-16(26-3)10-8-15)19(21)28(24,25)17-11-5-14(2)6-12-17/h5-12,18-19H,4H2,1-3H3/t18-,19-,21+/m0/s1. The maximum Gasteiger partial charge on any atom is 0.328 e. The smallest absolute Gasteiger partial charge is 0.328 e. The number of carbonyl (C=O) groups is 1. The Morgan fingerprint density at radius 1 is 1.14 bits per heavy atom. The molecule has 28 heavy (non-hydrogen) atoms. The zero-order chi connectivity index (χ0) is 20.5. The number of rotatable bonds is 6. The second-order valence-corrected chi connectivity index (χ2v) is 8.80. The Hall–Kier alpha value is -2.85. The van der Waals surface area contributed by atoms with Crippen LogP contribution in [0, 0.1) is 23.7 Å². The molecular formula is C21H21NO5S. The lowest BCUT2D eigenvalue weighted by atomic mass is 10.0. The van der Waals surface area contributed by atoms with Gasteiger partial charge < -0.3 is 9.47 Å². The van der Waals surface area contributed by atoms with Crippen molar-refractivity contribution < 1.29 is 22.7 Å². The van der Waals surface area contributed by atoms with Crippen molar-refractivity contribution in [1.29, 1.82) is 5.26 Å². The Labute approximate surface area is 164 Å². The summed E-state index contributed by atoms with van der Waals surface area (Å²) in [7, 11) is -2.41. The van der Waals surface area contributed by atoms with Gasteiger partial charge in [-0.3, -0.25) is 4.79 Å². The van der Waals surface area contributed by atoms with Gasteiger partial charge in [-0.25, -0.2) is 8.42 Å². The monoisotopic (exact) mass is 399 g/mol. The fourth-order valence-corrected chi connectivity index (χ4v) is 5.82. The van der Waals surface area contributed by atoms with E-state index >= 15 is 0 Å². The third-order valence-corrected chi connectivity index (χ3v) is 7.33. The van der Waals surface area contributed by atoms with Crippen LogP contribution in [0.1, 0.15) is 24.0 Å². The highest BCUT2D eigenvalue weighted by Gasteiger charge is 2.77. The Morgan fingerprint density at radius 2 is 1.75 bits per heavy atom. The van der Waals surface area contributed by atoms with E-state index in [1.807, 2.05) is 13.0 Å². The minimum atomic E-state index is -3.93. The van der Waals surface area contributed by atoms with Crippen LogP contribution in [0.4, 0.5) is 0 Å². The van der Waals surface area contributed by atoms with Crippen molar-refractivity contribution in [3.05, 3.63) is 59.7 Å². The van der Waals surface area contributed by atoms with E-state index in [0.29, 0.717) is 11.3 Å². The van der Waals surface area contributed by atoms with Crippen molar-refractivity contribution in [2.24, 2.45) is 5.41 Å². The summed E-state index contributed by atoms with van der Waals surface area (Å²) < 4.78 is 36.8. The molecule has 0 amide bonds. The van der Waals surface area contributed by atoms with Gasteiger partial charge in [0.1, 0.15) is 11.0 Å². The molecule has 0 bridgehead atoms. The Kier molecular flexibility index (Phi) is 5.18. The van der Waals surface area contributed by atoms with Gasteiger partial charge in [0.05, 0.1) is 24.7 Å². The Bertz CT molecular complexity index is 1020. The summed E-state index contributed by atoms with van der Waals surface area (Å²) in [6.45, 7) is 3.54. The van der Waals surface area contributed by atoms with Gasteiger partial charge in [0.25, 0.3) is 0 Å². The molecule has 1 fully saturated rings. The van der Waals surface area contributed by atoms with Crippen molar-refractivity contribution in [1.82, 2.24) is 0 Å². The molecule has 0 spiro atoms. The summed E-state index contributed by atoms with van der Waals surface area (Å²) in [5, 5.41) is 8.66. The molecule has 0 radical (unpaired) electrons. The minimum absolute atomic E-state index is 0.0644. The van der Waals surface area contributed by atoms with Crippen LogP contribution in [0.2, 0.25) is 0 Å². The molecule has 1 aliphatic rings. The molecule has 0 saturated heterocycles. The van der Waals surface area contributed by atoms with Crippen molar-refractivity contribution in [3.63, 3.8) is 0 Å². The van der Waals surface area contributed by atoms with Crippen molar-refractivity contribution >= 4 is 15.8 Å². The van der Waals surface area contributed by atoms with E-state index in [4.69, 9.17) is 9.47 Å². The van der Waals surface area contributed by atoms with Gasteiger partial charge in [-0.05, 0) is 43.7 Å². The molecular weight excluding hydrogens is 378 g/mol. The number of aryl methyl sites for hydroxylation is 1. The second-order valence-electron chi connectivity index (χ2n) is 6.73. The maximum atomic E-state index is 13.3. The normalized spacial score (nSPS) is 23.5. The number of nitrogens with zero attached hydrogens (tertiary/aromatic N) is 1. The van der Waals surface area contributed by atoms with Crippen LogP contribution in [0.15, 0.2) is 53.4 Å². The molecule has 3 rings (SSSR count). The van der Waals surface area contributed by atoms with Crippen LogP contribution in [0.25, 0.3) is 0 Å². The molecule has 2 aromatic rings. The Balaban J connectivity index is 2.11. The summed E-state index contributed by atoms with van der Waals surface area (Å²) in [6.07, 6.45) is 0. The molecule has 1 saturated carbocycles. The minimum Gasteiger partial charge on any atom is -0.497 e. The highest BCUT2D eigenvalue weighted by atomic mass is 32.2. The number of methoxy groups -OCH3 is 1. The number of nitriles is 1. The van der Waals surface area contributed by atoms with Gasteiger partial charge in [0.15, 0.2) is 15.3 Å². The molecule has 0 aromatic heterocycles. The van der Waals surface area contributed by atoms with Gasteiger partial charge >= 0.3 is 5.97 Å². The van der Waals surface area contributed by atoms with E-state index in [2.05, 4.69) is 0 Å². The summed E-state index contributed by atoms with van der Waals surface area (Å²) in [5.74, 6) is -1.02. The molecule has 7 heteroatoms. The molecule has 0 N–H and O–H groups in total. The number of sulfone groups is 1. The van der Waals surface area contributed by atoms with Crippen LogP contribution in [-0.2, 0) is 19.4 Å². The molecule has 0 aliphatic heterocycles. The van der Waals surface area contributed by atoms with E-state index in [9.17, 15) is 18.5 Å². The number of benzene rings is 2. The number of carbonyl (C=O) groups excluding carboxylic acids is 1. The molecule has 146 valence electrons. The number of ether oxygens (including phenoxy) is 2. The summed E-state index contributed by atoms with van der Waals surface area (Å²) in [5.41, 5.74) is -0.275. The number of hydrogen-bond donors (Lipinski definition) is 0.